The van der Waals surface area contributed by atoms with E-state index in [0.29, 0.717) is 13.0 Å². The van der Waals surface area contributed by atoms with Crippen LogP contribution in [0.5, 0.6) is 0 Å². The first-order chi connectivity index (χ1) is 12.3. The van der Waals surface area contributed by atoms with E-state index in [2.05, 4.69) is 22.4 Å². The molecule has 0 radical (unpaired) electrons. The van der Waals surface area contributed by atoms with Gasteiger partial charge in [-0.2, -0.15) is 0 Å². The number of aliphatic hydroxyl groups is 1. The predicted molar refractivity (Wildman–Crippen MR) is 100 cm³/mol. The van der Waals surface area contributed by atoms with Gasteiger partial charge in [0, 0.05) is 30.1 Å². The minimum absolute atomic E-state index is 0.0629. The van der Waals surface area contributed by atoms with Crippen LogP contribution in [-0.2, 0) is 24.2 Å². The SMILES string of the molecule is O=C(CCCc1c[nH]c2ccccc12)NCCc1ccc(CO)cc1. The smallest absolute Gasteiger partial charge is 0.220 e. The van der Waals surface area contributed by atoms with Crippen LogP contribution < -0.4 is 5.32 Å². The second kappa shape index (κ2) is 8.49. The van der Waals surface area contributed by atoms with E-state index in [1.807, 2.05) is 42.6 Å². The van der Waals surface area contributed by atoms with Crippen molar-refractivity contribution < 1.29 is 9.90 Å². The fourth-order valence-corrected chi connectivity index (χ4v) is 3.02. The van der Waals surface area contributed by atoms with Crippen molar-refractivity contribution in [2.75, 3.05) is 6.54 Å². The predicted octanol–water partition coefficient (Wildman–Crippen LogP) is 3.34. The number of rotatable bonds is 8. The summed E-state index contributed by atoms with van der Waals surface area (Å²) in [5.74, 6) is 0.104. The van der Waals surface area contributed by atoms with Crippen LogP contribution in [0.15, 0.2) is 54.7 Å². The Balaban J connectivity index is 1.38. The molecule has 130 valence electrons. The Kier molecular flexibility index (Phi) is 5.86. The highest BCUT2D eigenvalue weighted by Crippen LogP contribution is 2.19. The largest absolute Gasteiger partial charge is 0.392 e. The molecule has 3 rings (SSSR count). The molecular weight excluding hydrogens is 312 g/mol. The number of aliphatic hydroxyl groups excluding tert-OH is 1. The van der Waals surface area contributed by atoms with Gasteiger partial charge in [0.15, 0.2) is 0 Å². The van der Waals surface area contributed by atoms with E-state index in [1.54, 1.807) is 0 Å². The van der Waals surface area contributed by atoms with Crippen molar-refractivity contribution in [1.82, 2.24) is 10.3 Å². The number of aromatic amines is 1. The Hall–Kier alpha value is -2.59. The highest BCUT2D eigenvalue weighted by Gasteiger charge is 2.05. The normalized spacial score (nSPS) is 10.9. The lowest BCUT2D eigenvalue weighted by atomic mass is 10.1. The van der Waals surface area contributed by atoms with E-state index in [4.69, 9.17) is 5.11 Å². The van der Waals surface area contributed by atoms with Crippen molar-refractivity contribution in [3.63, 3.8) is 0 Å². The zero-order chi connectivity index (χ0) is 17.5. The molecule has 4 heteroatoms. The molecule has 1 aromatic heterocycles. The first kappa shape index (κ1) is 17.2. The maximum Gasteiger partial charge on any atom is 0.220 e. The number of fused-ring (bicyclic) bond motifs is 1. The van der Waals surface area contributed by atoms with E-state index in [0.717, 1.165) is 35.9 Å². The van der Waals surface area contributed by atoms with E-state index in [1.165, 1.54) is 10.9 Å². The van der Waals surface area contributed by atoms with Crippen LogP contribution in [-0.4, -0.2) is 22.5 Å². The summed E-state index contributed by atoms with van der Waals surface area (Å²) in [6.45, 7) is 0.706. The second-order valence-corrected chi connectivity index (χ2v) is 6.29. The van der Waals surface area contributed by atoms with Crippen LogP contribution in [0, 0.1) is 0 Å². The number of aromatic nitrogens is 1. The summed E-state index contributed by atoms with van der Waals surface area (Å²) >= 11 is 0. The Morgan fingerprint density at radius 3 is 2.56 bits per heavy atom. The third kappa shape index (κ3) is 4.70. The molecule has 0 saturated carbocycles. The Bertz CT molecular complexity index is 821. The molecule has 0 unspecified atom stereocenters. The molecule has 0 aliphatic carbocycles. The van der Waals surface area contributed by atoms with Gasteiger partial charge in [-0.25, -0.2) is 0 Å². The molecule has 25 heavy (non-hydrogen) atoms. The van der Waals surface area contributed by atoms with Gasteiger partial charge in [-0.1, -0.05) is 42.5 Å². The third-order valence-electron chi connectivity index (χ3n) is 4.47. The van der Waals surface area contributed by atoms with Gasteiger partial charge in [0.1, 0.15) is 0 Å². The standard InChI is InChI=1S/C21H24N2O2/c24-15-17-10-8-16(9-11-17)12-13-22-21(25)7-3-4-18-14-23-20-6-2-1-5-19(18)20/h1-2,5-6,8-11,14,23-24H,3-4,7,12-13,15H2,(H,22,25). The van der Waals surface area contributed by atoms with E-state index in [9.17, 15) is 4.79 Å². The molecule has 0 aliphatic heterocycles. The van der Waals surface area contributed by atoms with Crippen LogP contribution in [0.2, 0.25) is 0 Å². The quantitative estimate of drug-likeness (QED) is 0.591. The van der Waals surface area contributed by atoms with E-state index < -0.39 is 0 Å². The minimum atomic E-state index is 0.0629. The van der Waals surface area contributed by atoms with Crippen molar-refractivity contribution in [2.24, 2.45) is 0 Å². The summed E-state index contributed by atoms with van der Waals surface area (Å²) in [5, 5.41) is 13.3. The molecule has 0 spiro atoms. The number of aryl methyl sites for hydroxylation is 1. The lowest BCUT2D eigenvalue weighted by Crippen LogP contribution is -2.25. The average Bonchev–Trinajstić information content (AvgIpc) is 3.06. The number of carbonyl (C=O) groups excluding carboxylic acids is 1. The number of carbonyl (C=O) groups is 1. The lowest BCUT2D eigenvalue weighted by molar-refractivity contribution is -0.121. The Morgan fingerprint density at radius 2 is 1.76 bits per heavy atom. The van der Waals surface area contributed by atoms with Crippen LogP contribution in [0.3, 0.4) is 0 Å². The topological polar surface area (TPSA) is 65.1 Å². The number of H-pyrrole nitrogens is 1. The lowest BCUT2D eigenvalue weighted by Gasteiger charge is -2.06. The molecule has 0 aliphatic rings. The number of benzene rings is 2. The summed E-state index contributed by atoms with van der Waals surface area (Å²) in [6.07, 6.45) is 5.14. The van der Waals surface area contributed by atoms with Crippen molar-refractivity contribution in [1.29, 1.82) is 0 Å². The van der Waals surface area contributed by atoms with Gasteiger partial charge in [-0.3, -0.25) is 4.79 Å². The van der Waals surface area contributed by atoms with Gasteiger partial charge < -0.3 is 15.4 Å². The minimum Gasteiger partial charge on any atom is -0.392 e. The van der Waals surface area contributed by atoms with Crippen LogP contribution in [0.4, 0.5) is 0 Å². The number of para-hydroxylation sites is 1. The monoisotopic (exact) mass is 336 g/mol. The fourth-order valence-electron chi connectivity index (χ4n) is 3.02. The maximum atomic E-state index is 12.0. The second-order valence-electron chi connectivity index (χ2n) is 6.29. The summed E-state index contributed by atoms with van der Waals surface area (Å²) in [7, 11) is 0. The third-order valence-corrected chi connectivity index (χ3v) is 4.47. The van der Waals surface area contributed by atoms with Crippen LogP contribution >= 0.6 is 0 Å². The highest BCUT2D eigenvalue weighted by atomic mass is 16.3. The zero-order valence-electron chi connectivity index (χ0n) is 14.3. The molecule has 0 saturated heterocycles. The molecule has 4 nitrogen and oxygen atoms in total. The van der Waals surface area contributed by atoms with E-state index >= 15 is 0 Å². The highest BCUT2D eigenvalue weighted by molar-refractivity contribution is 5.83. The van der Waals surface area contributed by atoms with Gasteiger partial charge >= 0.3 is 0 Å². The van der Waals surface area contributed by atoms with Crippen molar-refractivity contribution in [3.8, 4) is 0 Å². The number of hydrogen-bond donors (Lipinski definition) is 3. The zero-order valence-corrected chi connectivity index (χ0v) is 14.3. The maximum absolute atomic E-state index is 12.0. The summed E-state index contributed by atoms with van der Waals surface area (Å²) < 4.78 is 0. The first-order valence-electron chi connectivity index (χ1n) is 8.76. The molecule has 0 fully saturated rings. The molecule has 0 atom stereocenters. The van der Waals surface area contributed by atoms with Crippen molar-refractivity contribution >= 4 is 16.8 Å². The number of hydrogen-bond acceptors (Lipinski definition) is 2. The van der Waals surface area contributed by atoms with Gasteiger partial charge in [-0.05, 0) is 42.0 Å². The number of amides is 1. The van der Waals surface area contributed by atoms with Gasteiger partial charge in [-0.15, -0.1) is 0 Å². The van der Waals surface area contributed by atoms with Crippen LogP contribution in [0.25, 0.3) is 10.9 Å². The van der Waals surface area contributed by atoms with Gasteiger partial charge in [0.2, 0.25) is 5.91 Å². The molecule has 2 aromatic carbocycles. The molecule has 1 heterocycles. The summed E-state index contributed by atoms with van der Waals surface area (Å²) in [5.41, 5.74) is 4.49. The number of nitrogens with one attached hydrogen (secondary N) is 2. The van der Waals surface area contributed by atoms with Gasteiger partial charge in [0.05, 0.1) is 6.61 Å². The van der Waals surface area contributed by atoms with Crippen molar-refractivity contribution in [2.45, 2.75) is 32.3 Å². The Morgan fingerprint density at radius 1 is 1.00 bits per heavy atom. The Labute approximate surface area is 147 Å². The molecule has 0 bridgehead atoms. The summed E-state index contributed by atoms with van der Waals surface area (Å²) in [4.78, 5) is 15.2. The molecule has 3 aromatic rings. The van der Waals surface area contributed by atoms with Crippen LogP contribution in [0.1, 0.15) is 29.5 Å². The molecular formula is C21H24N2O2. The fraction of sp³-hybridized carbons (Fsp3) is 0.286. The van der Waals surface area contributed by atoms with Gasteiger partial charge in [0.25, 0.3) is 0 Å². The molecule has 1 amide bonds. The first-order valence-corrected chi connectivity index (χ1v) is 8.76. The van der Waals surface area contributed by atoms with E-state index in [-0.39, 0.29) is 12.5 Å². The average molecular weight is 336 g/mol. The summed E-state index contributed by atoms with van der Waals surface area (Å²) in [6, 6.07) is 16.1. The molecule has 3 N–H and O–H groups in total. The van der Waals surface area contributed by atoms with Crippen molar-refractivity contribution in [3.05, 3.63) is 71.4 Å².